The zero-order valence-corrected chi connectivity index (χ0v) is 18.4. The SMILES string of the molecule is O=C1NC(c2ccc(Cl)cc2Cl)=NC12CCN(S(=O)(=O)c1ccc(F)c(Cl)c1)CC2. The van der Waals surface area contributed by atoms with Crippen LogP contribution in [0, 0.1) is 5.82 Å². The topological polar surface area (TPSA) is 78.8 Å². The first-order valence-corrected chi connectivity index (χ1v) is 11.5. The van der Waals surface area contributed by atoms with Gasteiger partial charge in [-0.15, -0.1) is 0 Å². The summed E-state index contributed by atoms with van der Waals surface area (Å²) >= 11 is 17.9. The van der Waals surface area contributed by atoms with E-state index in [1.165, 1.54) is 10.4 Å². The summed E-state index contributed by atoms with van der Waals surface area (Å²) in [5.74, 6) is -0.660. The molecule has 0 atom stereocenters. The third-order valence-corrected chi connectivity index (χ3v) is 7.98. The molecule has 0 bridgehead atoms. The van der Waals surface area contributed by atoms with Crippen molar-refractivity contribution in [3.63, 3.8) is 0 Å². The van der Waals surface area contributed by atoms with E-state index in [-0.39, 0.29) is 41.8 Å². The van der Waals surface area contributed by atoms with Crippen LogP contribution in [0.25, 0.3) is 0 Å². The Balaban J connectivity index is 1.56. The molecule has 6 nitrogen and oxygen atoms in total. The molecule has 0 unspecified atom stereocenters. The van der Waals surface area contributed by atoms with Gasteiger partial charge in [-0.2, -0.15) is 4.31 Å². The lowest BCUT2D eigenvalue weighted by Crippen LogP contribution is -2.50. The Morgan fingerprint density at radius 1 is 1.03 bits per heavy atom. The molecule has 0 aliphatic carbocycles. The van der Waals surface area contributed by atoms with E-state index in [4.69, 9.17) is 34.8 Å². The first kappa shape index (κ1) is 21.5. The standard InChI is InChI=1S/C19H15Cl3FN3O3S/c20-11-1-3-13(14(21)9-11)17-24-18(27)19(25-17)5-7-26(8-6-19)30(28,29)12-2-4-16(23)15(22)10-12/h1-4,9-10H,5-8H2,(H,24,25,27). The van der Waals surface area contributed by atoms with Crippen LogP contribution in [-0.2, 0) is 14.8 Å². The molecule has 11 heteroatoms. The van der Waals surface area contributed by atoms with Gasteiger partial charge in [0.2, 0.25) is 10.0 Å². The fourth-order valence-corrected chi connectivity index (χ4v) is 5.76. The van der Waals surface area contributed by atoms with Gasteiger partial charge in [0, 0.05) is 23.7 Å². The summed E-state index contributed by atoms with van der Waals surface area (Å²) in [7, 11) is -3.88. The van der Waals surface area contributed by atoms with Crippen molar-refractivity contribution in [2.24, 2.45) is 4.99 Å². The van der Waals surface area contributed by atoms with E-state index in [0.29, 0.717) is 21.4 Å². The molecule has 2 aromatic rings. The van der Waals surface area contributed by atoms with Crippen molar-refractivity contribution in [2.75, 3.05) is 13.1 Å². The van der Waals surface area contributed by atoms with Gasteiger partial charge < -0.3 is 5.32 Å². The number of rotatable bonds is 3. The summed E-state index contributed by atoms with van der Waals surface area (Å²) in [6.45, 7) is 0.158. The van der Waals surface area contributed by atoms with Gasteiger partial charge >= 0.3 is 0 Å². The molecule has 2 aliphatic heterocycles. The smallest absolute Gasteiger partial charge is 0.253 e. The number of hydrogen-bond donors (Lipinski definition) is 1. The molecule has 4 rings (SSSR count). The second-order valence-electron chi connectivity index (χ2n) is 7.05. The van der Waals surface area contributed by atoms with E-state index in [1.54, 1.807) is 18.2 Å². The maximum atomic E-state index is 13.4. The van der Waals surface area contributed by atoms with E-state index in [0.717, 1.165) is 12.1 Å². The van der Waals surface area contributed by atoms with Gasteiger partial charge in [0.1, 0.15) is 17.2 Å². The van der Waals surface area contributed by atoms with Gasteiger partial charge in [-0.3, -0.25) is 9.79 Å². The predicted molar refractivity (Wildman–Crippen MR) is 113 cm³/mol. The molecular weight excluding hydrogens is 476 g/mol. The lowest BCUT2D eigenvalue weighted by molar-refractivity contribution is -0.124. The lowest BCUT2D eigenvalue weighted by atomic mass is 9.89. The van der Waals surface area contributed by atoms with E-state index >= 15 is 0 Å². The van der Waals surface area contributed by atoms with E-state index in [9.17, 15) is 17.6 Å². The van der Waals surface area contributed by atoms with Crippen molar-refractivity contribution >= 4 is 56.6 Å². The lowest BCUT2D eigenvalue weighted by Gasteiger charge is -2.34. The number of piperidine rings is 1. The van der Waals surface area contributed by atoms with Crippen LogP contribution in [0.5, 0.6) is 0 Å². The number of carbonyl (C=O) groups excluding carboxylic acids is 1. The number of nitrogens with one attached hydrogen (secondary N) is 1. The van der Waals surface area contributed by atoms with Crippen LogP contribution >= 0.6 is 34.8 Å². The van der Waals surface area contributed by atoms with Crippen LogP contribution in [0.3, 0.4) is 0 Å². The number of hydrogen-bond acceptors (Lipinski definition) is 4. The third kappa shape index (κ3) is 3.71. The van der Waals surface area contributed by atoms with Crippen molar-refractivity contribution in [1.29, 1.82) is 0 Å². The quantitative estimate of drug-likeness (QED) is 0.709. The number of halogens is 4. The molecular formula is C19H15Cl3FN3O3S. The molecule has 158 valence electrons. The van der Waals surface area contributed by atoms with Gasteiger partial charge in [0.15, 0.2) is 0 Å². The predicted octanol–water partition coefficient (Wildman–Crippen LogP) is 3.89. The Hall–Kier alpha value is -1.71. The normalized spacial score (nSPS) is 19.1. The van der Waals surface area contributed by atoms with E-state index in [1.807, 2.05) is 0 Å². The van der Waals surface area contributed by atoms with Crippen molar-refractivity contribution in [2.45, 2.75) is 23.3 Å². The minimum absolute atomic E-state index is 0.0792. The third-order valence-electron chi connectivity index (χ3n) is 5.25. The van der Waals surface area contributed by atoms with Gasteiger partial charge in [0.25, 0.3) is 5.91 Å². The first-order valence-electron chi connectivity index (χ1n) is 8.94. The monoisotopic (exact) mass is 489 g/mol. The molecule has 30 heavy (non-hydrogen) atoms. The number of amidine groups is 1. The average molecular weight is 491 g/mol. The molecule has 0 saturated carbocycles. The average Bonchev–Trinajstić information content (AvgIpc) is 2.99. The highest BCUT2D eigenvalue weighted by molar-refractivity contribution is 7.89. The summed E-state index contributed by atoms with van der Waals surface area (Å²) < 4.78 is 40.4. The van der Waals surface area contributed by atoms with E-state index < -0.39 is 21.4 Å². The molecule has 1 fully saturated rings. The highest BCUT2D eigenvalue weighted by atomic mass is 35.5. The largest absolute Gasteiger partial charge is 0.308 e. The fourth-order valence-electron chi connectivity index (χ4n) is 3.55. The Kier molecular flexibility index (Phi) is 5.57. The van der Waals surface area contributed by atoms with Crippen molar-refractivity contribution in [1.82, 2.24) is 9.62 Å². The van der Waals surface area contributed by atoms with Crippen molar-refractivity contribution in [3.05, 3.63) is 62.8 Å². The minimum atomic E-state index is -3.88. The minimum Gasteiger partial charge on any atom is -0.308 e. The van der Waals surface area contributed by atoms with Gasteiger partial charge in [-0.25, -0.2) is 12.8 Å². The number of amides is 1. The molecule has 2 aromatic carbocycles. The zero-order chi connectivity index (χ0) is 21.7. The van der Waals surface area contributed by atoms with Crippen LogP contribution in [-0.4, -0.2) is 43.1 Å². The molecule has 1 spiro atoms. The molecule has 0 aromatic heterocycles. The van der Waals surface area contributed by atoms with Crippen LogP contribution in [0.2, 0.25) is 15.1 Å². The van der Waals surface area contributed by atoms with Gasteiger partial charge in [-0.05, 0) is 49.2 Å². The maximum Gasteiger partial charge on any atom is 0.253 e. The summed E-state index contributed by atoms with van der Waals surface area (Å²) in [4.78, 5) is 17.2. The molecule has 2 aliphatic rings. The Morgan fingerprint density at radius 2 is 1.73 bits per heavy atom. The van der Waals surface area contributed by atoms with E-state index in [2.05, 4.69) is 10.3 Å². The van der Waals surface area contributed by atoms with Crippen molar-refractivity contribution in [3.8, 4) is 0 Å². The number of benzene rings is 2. The van der Waals surface area contributed by atoms with Crippen LogP contribution in [0.1, 0.15) is 18.4 Å². The summed E-state index contributed by atoms with van der Waals surface area (Å²) in [5.41, 5.74) is -0.521. The second-order valence-corrected chi connectivity index (χ2v) is 10.2. The number of sulfonamides is 1. The zero-order valence-electron chi connectivity index (χ0n) is 15.3. The fraction of sp³-hybridized carbons (Fsp3) is 0.263. The summed E-state index contributed by atoms with van der Waals surface area (Å²) in [6.07, 6.45) is 0.392. The molecule has 0 radical (unpaired) electrons. The number of carbonyl (C=O) groups is 1. The van der Waals surface area contributed by atoms with Crippen LogP contribution in [0.4, 0.5) is 4.39 Å². The summed E-state index contributed by atoms with van der Waals surface area (Å²) in [5, 5.41) is 3.29. The Bertz CT molecular complexity index is 1180. The molecule has 1 saturated heterocycles. The summed E-state index contributed by atoms with van der Waals surface area (Å²) in [6, 6.07) is 8.13. The first-order chi connectivity index (χ1) is 14.1. The molecule has 1 N–H and O–H groups in total. The second kappa shape index (κ2) is 7.76. The highest BCUT2D eigenvalue weighted by Gasteiger charge is 2.48. The number of aliphatic imine (C=N–C) groups is 1. The highest BCUT2D eigenvalue weighted by Crippen LogP contribution is 2.34. The Morgan fingerprint density at radius 3 is 2.37 bits per heavy atom. The molecule has 1 amide bonds. The van der Waals surface area contributed by atoms with Crippen LogP contribution in [0.15, 0.2) is 46.3 Å². The van der Waals surface area contributed by atoms with Crippen molar-refractivity contribution < 1.29 is 17.6 Å². The number of nitrogens with zero attached hydrogens (tertiary/aromatic N) is 2. The Labute approximate surface area is 187 Å². The maximum absolute atomic E-state index is 13.4. The van der Waals surface area contributed by atoms with Crippen LogP contribution < -0.4 is 5.32 Å². The van der Waals surface area contributed by atoms with Gasteiger partial charge in [-0.1, -0.05) is 34.8 Å². The molecule has 2 heterocycles. The van der Waals surface area contributed by atoms with Gasteiger partial charge in [0.05, 0.1) is 14.9 Å².